The first-order valence-corrected chi connectivity index (χ1v) is 6.28. The van der Waals surface area contributed by atoms with Gasteiger partial charge in [0.15, 0.2) is 0 Å². The molecular weight excluding hydrogens is 238 g/mol. The number of carbonyl (C=O) groups is 1. The molecule has 0 fully saturated rings. The summed E-state index contributed by atoms with van der Waals surface area (Å²) >= 11 is 0. The monoisotopic (exact) mass is 255 g/mol. The van der Waals surface area contributed by atoms with Crippen LogP contribution in [-0.2, 0) is 6.42 Å². The van der Waals surface area contributed by atoms with Crippen LogP contribution in [0.4, 0.5) is 5.69 Å². The minimum atomic E-state index is -0.161. The van der Waals surface area contributed by atoms with Crippen LogP contribution in [0.2, 0.25) is 0 Å². The fourth-order valence-corrected chi connectivity index (χ4v) is 1.90. The number of amides is 1. The Labute approximate surface area is 113 Å². The molecule has 0 aliphatic carbocycles. The lowest BCUT2D eigenvalue weighted by Crippen LogP contribution is -2.13. The van der Waals surface area contributed by atoms with Gasteiger partial charge in [0.2, 0.25) is 0 Å². The minimum Gasteiger partial charge on any atom is -0.496 e. The summed E-state index contributed by atoms with van der Waals surface area (Å²) in [5.41, 5.74) is 2.53. The first-order valence-electron chi connectivity index (χ1n) is 6.28. The second kappa shape index (κ2) is 6.05. The summed E-state index contributed by atoms with van der Waals surface area (Å²) in [6.45, 7) is 2.08. The Bertz CT molecular complexity index is 578. The van der Waals surface area contributed by atoms with E-state index in [9.17, 15) is 4.79 Å². The van der Waals surface area contributed by atoms with Crippen molar-refractivity contribution in [3.8, 4) is 5.75 Å². The molecule has 0 aliphatic heterocycles. The highest BCUT2D eigenvalue weighted by atomic mass is 16.5. The number of carbonyl (C=O) groups excluding carboxylic acids is 1. The van der Waals surface area contributed by atoms with Gasteiger partial charge in [-0.1, -0.05) is 31.2 Å². The van der Waals surface area contributed by atoms with Crippen molar-refractivity contribution in [1.82, 2.24) is 0 Å². The van der Waals surface area contributed by atoms with Gasteiger partial charge in [0.05, 0.1) is 12.7 Å². The van der Waals surface area contributed by atoms with E-state index < -0.39 is 0 Å². The largest absolute Gasteiger partial charge is 0.496 e. The van der Waals surface area contributed by atoms with Crippen LogP contribution in [0.1, 0.15) is 22.8 Å². The van der Waals surface area contributed by atoms with E-state index in [0.717, 1.165) is 12.1 Å². The smallest absolute Gasteiger partial charge is 0.259 e. The normalized spacial score (nSPS) is 10.0. The average Bonchev–Trinajstić information content (AvgIpc) is 2.47. The quantitative estimate of drug-likeness (QED) is 0.908. The van der Waals surface area contributed by atoms with Crippen molar-refractivity contribution in [2.24, 2.45) is 0 Å². The molecule has 0 atom stereocenters. The number of rotatable bonds is 4. The fourth-order valence-electron chi connectivity index (χ4n) is 1.90. The van der Waals surface area contributed by atoms with E-state index in [4.69, 9.17) is 4.74 Å². The third-order valence-corrected chi connectivity index (χ3v) is 2.94. The van der Waals surface area contributed by atoms with Crippen molar-refractivity contribution in [1.29, 1.82) is 0 Å². The molecule has 0 saturated carbocycles. The van der Waals surface area contributed by atoms with Crippen LogP contribution in [0.15, 0.2) is 48.5 Å². The molecule has 19 heavy (non-hydrogen) atoms. The molecule has 0 saturated heterocycles. The van der Waals surface area contributed by atoms with E-state index in [2.05, 4.69) is 12.2 Å². The maximum Gasteiger partial charge on any atom is 0.259 e. The summed E-state index contributed by atoms with van der Waals surface area (Å²) in [6.07, 6.45) is 0.943. The summed E-state index contributed by atoms with van der Waals surface area (Å²) in [5, 5.41) is 2.89. The number of para-hydroxylation sites is 1. The molecular formula is C16H17NO2. The van der Waals surface area contributed by atoms with Crippen LogP contribution in [0, 0.1) is 0 Å². The zero-order valence-corrected chi connectivity index (χ0v) is 11.1. The Hall–Kier alpha value is -2.29. The predicted octanol–water partition coefficient (Wildman–Crippen LogP) is 3.51. The molecule has 1 N–H and O–H groups in total. The Morgan fingerprint density at radius 3 is 2.68 bits per heavy atom. The lowest BCUT2D eigenvalue weighted by atomic mass is 10.1. The van der Waals surface area contributed by atoms with Gasteiger partial charge in [0, 0.05) is 5.69 Å². The highest BCUT2D eigenvalue weighted by Gasteiger charge is 2.11. The number of anilines is 1. The molecule has 2 aromatic carbocycles. The van der Waals surface area contributed by atoms with Crippen molar-refractivity contribution in [3.63, 3.8) is 0 Å². The fraction of sp³-hybridized carbons (Fsp3) is 0.188. The second-order valence-electron chi connectivity index (χ2n) is 4.21. The molecule has 2 rings (SSSR count). The molecule has 0 unspecified atom stereocenters. The van der Waals surface area contributed by atoms with Crippen LogP contribution in [0.25, 0.3) is 0 Å². The first kappa shape index (κ1) is 13.1. The maximum atomic E-state index is 12.2. The van der Waals surface area contributed by atoms with Gasteiger partial charge in [-0.2, -0.15) is 0 Å². The summed E-state index contributed by atoms with van der Waals surface area (Å²) in [6, 6.07) is 15.0. The number of hydrogen-bond acceptors (Lipinski definition) is 2. The summed E-state index contributed by atoms with van der Waals surface area (Å²) in [7, 11) is 1.56. The second-order valence-corrected chi connectivity index (χ2v) is 4.21. The topological polar surface area (TPSA) is 38.3 Å². The van der Waals surface area contributed by atoms with Crippen molar-refractivity contribution < 1.29 is 9.53 Å². The summed E-state index contributed by atoms with van der Waals surface area (Å²) in [5.74, 6) is 0.414. The van der Waals surface area contributed by atoms with Crippen LogP contribution in [0.3, 0.4) is 0 Å². The SMILES string of the molecule is CCc1cccc(NC(=O)c2ccccc2OC)c1. The van der Waals surface area contributed by atoms with Gasteiger partial charge in [-0.25, -0.2) is 0 Å². The molecule has 3 heteroatoms. The third-order valence-electron chi connectivity index (χ3n) is 2.94. The maximum absolute atomic E-state index is 12.2. The summed E-state index contributed by atoms with van der Waals surface area (Å²) < 4.78 is 5.19. The van der Waals surface area contributed by atoms with Gasteiger partial charge >= 0.3 is 0 Å². The van der Waals surface area contributed by atoms with Gasteiger partial charge < -0.3 is 10.1 Å². The number of aryl methyl sites for hydroxylation is 1. The molecule has 0 heterocycles. The Morgan fingerprint density at radius 2 is 1.95 bits per heavy atom. The van der Waals surface area contributed by atoms with Crippen LogP contribution in [0.5, 0.6) is 5.75 Å². The van der Waals surface area contributed by atoms with Crippen molar-refractivity contribution in [3.05, 3.63) is 59.7 Å². The number of ether oxygens (including phenoxy) is 1. The molecule has 98 valence electrons. The Kier molecular flexibility index (Phi) is 4.18. The number of benzene rings is 2. The van der Waals surface area contributed by atoms with Crippen LogP contribution in [-0.4, -0.2) is 13.0 Å². The molecule has 3 nitrogen and oxygen atoms in total. The summed E-state index contributed by atoms with van der Waals surface area (Å²) in [4.78, 5) is 12.2. The van der Waals surface area contributed by atoms with Crippen molar-refractivity contribution in [2.45, 2.75) is 13.3 Å². The standard InChI is InChI=1S/C16H17NO2/c1-3-12-7-6-8-13(11-12)17-16(18)14-9-4-5-10-15(14)19-2/h4-11H,3H2,1-2H3,(H,17,18). The minimum absolute atomic E-state index is 0.161. The zero-order valence-electron chi connectivity index (χ0n) is 11.1. The average molecular weight is 255 g/mol. The van der Waals surface area contributed by atoms with E-state index >= 15 is 0 Å². The van der Waals surface area contributed by atoms with Crippen molar-refractivity contribution in [2.75, 3.05) is 12.4 Å². The highest BCUT2D eigenvalue weighted by molar-refractivity contribution is 6.06. The molecule has 2 aromatic rings. The lowest BCUT2D eigenvalue weighted by Gasteiger charge is -2.09. The van der Waals surface area contributed by atoms with Gasteiger partial charge in [-0.3, -0.25) is 4.79 Å². The highest BCUT2D eigenvalue weighted by Crippen LogP contribution is 2.19. The van der Waals surface area contributed by atoms with E-state index in [1.165, 1.54) is 5.56 Å². The molecule has 0 aromatic heterocycles. The zero-order chi connectivity index (χ0) is 13.7. The number of nitrogens with one attached hydrogen (secondary N) is 1. The van der Waals surface area contributed by atoms with E-state index in [0.29, 0.717) is 11.3 Å². The molecule has 0 aliphatic rings. The molecule has 0 bridgehead atoms. The molecule has 0 spiro atoms. The first-order chi connectivity index (χ1) is 9.24. The van der Waals surface area contributed by atoms with Crippen LogP contribution < -0.4 is 10.1 Å². The third kappa shape index (κ3) is 3.13. The van der Waals surface area contributed by atoms with Crippen LogP contribution >= 0.6 is 0 Å². The van der Waals surface area contributed by atoms with Gasteiger partial charge in [-0.05, 0) is 36.2 Å². The number of hydrogen-bond donors (Lipinski definition) is 1. The number of methoxy groups -OCH3 is 1. The van der Waals surface area contributed by atoms with Gasteiger partial charge in [-0.15, -0.1) is 0 Å². The van der Waals surface area contributed by atoms with E-state index in [1.807, 2.05) is 36.4 Å². The lowest BCUT2D eigenvalue weighted by molar-refractivity contribution is 0.102. The Morgan fingerprint density at radius 1 is 1.16 bits per heavy atom. The molecule has 1 amide bonds. The van der Waals surface area contributed by atoms with Crippen molar-refractivity contribution >= 4 is 11.6 Å². The van der Waals surface area contributed by atoms with E-state index in [1.54, 1.807) is 19.2 Å². The van der Waals surface area contributed by atoms with Gasteiger partial charge in [0.25, 0.3) is 5.91 Å². The molecule has 0 radical (unpaired) electrons. The Balaban J connectivity index is 2.20. The van der Waals surface area contributed by atoms with E-state index in [-0.39, 0.29) is 5.91 Å². The van der Waals surface area contributed by atoms with Gasteiger partial charge in [0.1, 0.15) is 5.75 Å². The predicted molar refractivity (Wildman–Crippen MR) is 76.8 cm³/mol.